The number of halogens is 1. The number of likely N-dealkylation sites (tertiary alicyclic amines) is 1. The van der Waals surface area contributed by atoms with E-state index in [1.807, 2.05) is 18.2 Å². The molecule has 214 valence electrons. The summed E-state index contributed by atoms with van der Waals surface area (Å²) in [6, 6.07) is 20.5. The van der Waals surface area contributed by atoms with Crippen LogP contribution in [0.5, 0.6) is 0 Å². The minimum atomic E-state index is -0.540. The molecule has 2 N–H and O–H groups in total. The Kier molecular flexibility index (Phi) is 8.92. The van der Waals surface area contributed by atoms with E-state index in [1.54, 1.807) is 12.1 Å². The third kappa shape index (κ3) is 6.73. The topological polar surface area (TPSA) is 50.9 Å². The van der Waals surface area contributed by atoms with Crippen molar-refractivity contribution in [1.82, 2.24) is 10.2 Å². The molecule has 2 saturated heterocycles. The lowest BCUT2D eigenvalue weighted by Gasteiger charge is -2.38. The van der Waals surface area contributed by atoms with Crippen molar-refractivity contribution in [3.63, 3.8) is 0 Å². The molecule has 0 atom stereocenters. The van der Waals surface area contributed by atoms with Crippen LogP contribution >= 0.6 is 0 Å². The van der Waals surface area contributed by atoms with Gasteiger partial charge in [-0.05, 0) is 67.6 Å². The highest BCUT2D eigenvalue weighted by molar-refractivity contribution is 6.06. The molecule has 2 aliphatic rings. The van der Waals surface area contributed by atoms with Gasteiger partial charge in [0.15, 0.2) is 0 Å². The van der Waals surface area contributed by atoms with Crippen LogP contribution in [0.3, 0.4) is 0 Å². The van der Waals surface area contributed by atoms with E-state index in [1.165, 1.54) is 35.5 Å². The molecular formula is C34H40FN5O. The molecule has 0 radical (unpaired) electrons. The number of amides is 1. The lowest BCUT2D eigenvalue weighted by Crippen LogP contribution is -2.47. The van der Waals surface area contributed by atoms with Crippen LogP contribution in [0.2, 0.25) is 0 Å². The van der Waals surface area contributed by atoms with Crippen molar-refractivity contribution in [1.29, 1.82) is 0 Å². The molecule has 0 bridgehead atoms. The van der Waals surface area contributed by atoms with Crippen molar-refractivity contribution < 1.29 is 9.18 Å². The average molecular weight is 554 g/mol. The monoisotopic (exact) mass is 553 g/mol. The molecule has 3 aromatic carbocycles. The van der Waals surface area contributed by atoms with Gasteiger partial charge in [0.05, 0.1) is 16.9 Å². The number of hydrogen-bond donors (Lipinski definition) is 2. The summed E-state index contributed by atoms with van der Waals surface area (Å²) in [5, 5.41) is 6.45. The fourth-order valence-corrected chi connectivity index (χ4v) is 5.71. The lowest BCUT2D eigenvalue weighted by atomic mass is 10.1. The number of para-hydroxylation sites is 1. The summed E-state index contributed by atoms with van der Waals surface area (Å²) >= 11 is 0. The summed E-state index contributed by atoms with van der Waals surface area (Å²) < 4.78 is 14.4. The largest absolute Gasteiger partial charge is 0.385 e. The van der Waals surface area contributed by atoms with Crippen molar-refractivity contribution in [2.75, 3.05) is 60.9 Å². The van der Waals surface area contributed by atoms with Crippen LogP contribution in [0.1, 0.15) is 40.7 Å². The molecule has 2 heterocycles. The second-order valence-electron chi connectivity index (χ2n) is 10.8. The van der Waals surface area contributed by atoms with Gasteiger partial charge in [0.25, 0.3) is 5.91 Å². The number of piperazine rings is 1. The fourth-order valence-electron chi connectivity index (χ4n) is 5.71. The molecule has 0 aromatic heterocycles. The average Bonchev–Trinajstić information content (AvgIpc) is 3.40. The summed E-state index contributed by atoms with van der Waals surface area (Å²) in [5.74, 6) is -1.01. The minimum Gasteiger partial charge on any atom is -0.385 e. The molecule has 3 aromatic rings. The quantitative estimate of drug-likeness (QED) is 0.290. The highest BCUT2D eigenvalue weighted by atomic mass is 19.1. The summed E-state index contributed by atoms with van der Waals surface area (Å²) in [5.41, 5.74) is 7.03. The molecule has 2 aliphatic heterocycles. The van der Waals surface area contributed by atoms with Crippen LogP contribution in [-0.4, -0.2) is 56.6 Å². The molecule has 0 aliphatic carbocycles. The van der Waals surface area contributed by atoms with Crippen molar-refractivity contribution in [3.8, 4) is 0 Å². The van der Waals surface area contributed by atoms with Gasteiger partial charge in [0, 0.05) is 62.9 Å². The van der Waals surface area contributed by atoms with Crippen LogP contribution in [0.4, 0.5) is 21.5 Å². The summed E-state index contributed by atoms with van der Waals surface area (Å²) in [4.78, 5) is 20.2. The molecule has 0 saturated carbocycles. The maximum atomic E-state index is 14.4. The van der Waals surface area contributed by atoms with Gasteiger partial charge in [-0.1, -0.05) is 49.6 Å². The Hall–Kier alpha value is -4.26. The number of carbonyl (C=O) groups is 1. The van der Waals surface area contributed by atoms with Gasteiger partial charge < -0.3 is 25.3 Å². The van der Waals surface area contributed by atoms with Crippen LogP contribution in [0.15, 0.2) is 85.6 Å². The number of rotatable bonds is 10. The summed E-state index contributed by atoms with van der Waals surface area (Å²) in [6.45, 7) is 16.8. The summed E-state index contributed by atoms with van der Waals surface area (Å²) in [6.07, 6.45) is 3.26. The molecule has 1 amide bonds. The number of allylic oxidation sites excluding steroid dienone is 1. The molecule has 5 rings (SSSR count). The Morgan fingerprint density at radius 2 is 1.63 bits per heavy atom. The van der Waals surface area contributed by atoms with Gasteiger partial charge in [0.2, 0.25) is 0 Å². The molecule has 2 fully saturated rings. The normalized spacial score (nSPS) is 15.3. The van der Waals surface area contributed by atoms with Gasteiger partial charge in [-0.15, -0.1) is 0 Å². The Bertz CT molecular complexity index is 1410. The Morgan fingerprint density at radius 3 is 2.34 bits per heavy atom. The number of nitrogens with zero attached hydrogens (tertiary/aromatic N) is 3. The van der Waals surface area contributed by atoms with Crippen LogP contribution in [0.25, 0.3) is 5.70 Å². The minimum absolute atomic E-state index is 0.0219. The van der Waals surface area contributed by atoms with Crippen LogP contribution in [-0.2, 0) is 0 Å². The summed E-state index contributed by atoms with van der Waals surface area (Å²) in [7, 11) is 0. The molecule has 0 unspecified atom stereocenters. The van der Waals surface area contributed by atoms with E-state index in [0.29, 0.717) is 5.69 Å². The number of nitrogens with one attached hydrogen (secondary N) is 2. The van der Waals surface area contributed by atoms with E-state index in [2.05, 4.69) is 69.7 Å². The van der Waals surface area contributed by atoms with Gasteiger partial charge >= 0.3 is 0 Å². The van der Waals surface area contributed by atoms with Crippen molar-refractivity contribution in [2.45, 2.75) is 26.2 Å². The number of aryl methyl sites for hydroxylation is 1. The van der Waals surface area contributed by atoms with E-state index >= 15 is 0 Å². The van der Waals surface area contributed by atoms with Crippen molar-refractivity contribution in [3.05, 3.63) is 108 Å². The smallest absolute Gasteiger partial charge is 0.258 e. The first-order chi connectivity index (χ1) is 19.9. The van der Waals surface area contributed by atoms with E-state index in [0.717, 1.165) is 75.6 Å². The molecule has 0 spiro atoms. The Labute approximate surface area is 243 Å². The zero-order chi connectivity index (χ0) is 28.8. The van der Waals surface area contributed by atoms with Gasteiger partial charge in [-0.25, -0.2) is 4.39 Å². The molecule has 41 heavy (non-hydrogen) atoms. The van der Waals surface area contributed by atoms with Gasteiger partial charge in [0.1, 0.15) is 5.82 Å². The SMILES string of the molecule is C=C(NCCCN1CCCC1=C)c1ccc(N2CCN(c3ccccc3C)CC2)c(NC(=O)c2ccccc2F)c1. The second-order valence-corrected chi connectivity index (χ2v) is 10.8. The van der Waals surface area contributed by atoms with E-state index in [-0.39, 0.29) is 5.56 Å². The van der Waals surface area contributed by atoms with Crippen molar-refractivity contribution >= 4 is 28.7 Å². The van der Waals surface area contributed by atoms with E-state index in [9.17, 15) is 9.18 Å². The zero-order valence-corrected chi connectivity index (χ0v) is 24.0. The standard InChI is InChI=1S/C34H40FN5O/c1-25-10-4-7-14-32(25)39-20-22-40(23-21-39)33-16-15-28(27(3)36-17-9-19-38-18-8-11-26(38)2)24-31(33)37-34(41)29-12-5-6-13-30(29)35/h4-7,10,12-16,24,36H,2-3,8-9,11,17-23H2,1H3,(H,37,41). The molecule has 7 heteroatoms. The first-order valence-electron chi connectivity index (χ1n) is 14.5. The zero-order valence-electron chi connectivity index (χ0n) is 24.0. The van der Waals surface area contributed by atoms with Crippen molar-refractivity contribution in [2.24, 2.45) is 0 Å². The number of carbonyl (C=O) groups excluding carboxylic acids is 1. The van der Waals surface area contributed by atoms with E-state index in [4.69, 9.17) is 0 Å². The predicted octanol–water partition coefficient (Wildman–Crippen LogP) is 6.27. The van der Waals surface area contributed by atoms with Crippen LogP contribution < -0.4 is 20.4 Å². The van der Waals surface area contributed by atoms with Crippen LogP contribution in [0, 0.1) is 12.7 Å². The molecular weight excluding hydrogens is 513 g/mol. The molecule has 6 nitrogen and oxygen atoms in total. The second kappa shape index (κ2) is 12.9. The third-order valence-electron chi connectivity index (χ3n) is 8.07. The van der Waals surface area contributed by atoms with Gasteiger partial charge in [-0.2, -0.15) is 0 Å². The fraction of sp³-hybridized carbons (Fsp3) is 0.324. The van der Waals surface area contributed by atoms with Gasteiger partial charge in [-0.3, -0.25) is 4.79 Å². The maximum absolute atomic E-state index is 14.4. The maximum Gasteiger partial charge on any atom is 0.258 e. The van der Waals surface area contributed by atoms with E-state index < -0.39 is 11.7 Å². The third-order valence-corrected chi connectivity index (χ3v) is 8.07. The first kappa shape index (κ1) is 28.3. The first-order valence-corrected chi connectivity index (χ1v) is 14.5. The Balaban J connectivity index is 1.30. The Morgan fingerprint density at radius 1 is 0.927 bits per heavy atom. The number of hydrogen-bond acceptors (Lipinski definition) is 5. The predicted molar refractivity (Wildman–Crippen MR) is 168 cm³/mol. The highest BCUT2D eigenvalue weighted by Crippen LogP contribution is 2.32. The lowest BCUT2D eigenvalue weighted by molar-refractivity contribution is 0.102. The number of benzene rings is 3. The highest BCUT2D eigenvalue weighted by Gasteiger charge is 2.22. The number of anilines is 3.